The number of amides is 1. The highest BCUT2D eigenvalue weighted by molar-refractivity contribution is 5.72. The van der Waals surface area contributed by atoms with E-state index in [2.05, 4.69) is 0 Å². The summed E-state index contributed by atoms with van der Waals surface area (Å²) in [6.07, 6.45) is 0.479. The lowest BCUT2D eigenvalue weighted by Gasteiger charge is -2.17. The van der Waals surface area contributed by atoms with Crippen molar-refractivity contribution in [2.45, 2.75) is 26.1 Å². The predicted octanol–water partition coefficient (Wildman–Crippen LogP) is -0.121. The van der Waals surface area contributed by atoms with Crippen molar-refractivity contribution in [3.8, 4) is 0 Å². The highest BCUT2D eigenvalue weighted by atomic mass is 16.8. The summed E-state index contributed by atoms with van der Waals surface area (Å²) >= 11 is 0. The summed E-state index contributed by atoms with van der Waals surface area (Å²) in [5.41, 5.74) is 0. The molecule has 0 spiro atoms. The van der Waals surface area contributed by atoms with Gasteiger partial charge in [-0.15, -0.1) is 0 Å². The minimum absolute atomic E-state index is 0.169. The maximum atomic E-state index is 10.6. The minimum atomic E-state index is -1.15. The third-order valence-electron chi connectivity index (χ3n) is 1.44. The number of hydroxylamine groups is 2. The summed E-state index contributed by atoms with van der Waals surface area (Å²) in [6, 6.07) is 0. The summed E-state index contributed by atoms with van der Waals surface area (Å²) in [6.45, 7) is 3.42. The first kappa shape index (κ1) is 7.50. The molecule has 1 saturated heterocycles. The monoisotopic (exact) mass is 145 g/mol. The van der Waals surface area contributed by atoms with Gasteiger partial charge in [-0.3, -0.25) is 4.79 Å². The van der Waals surface area contributed by atoms with Crippen molar-refractivity contribution in [1.29, 1.82) is 0 Å². The second kappa shape index (κ2) is 2.21. The van der Waals surface area contributed by atoms with Crippen LogP contribution in [0.15, 0.2) is 0 Å². The summed E-state index contributed by atoms with van der Waals surface area (Å²) in [4.78, 5) is 15.5. The Morgan fingerprint density at radius 1 is 1.80 bits per heavy atom. The Morgan fingerprint density at radius 2 is 2.40 bits per heavy atom. The molecule has 0 saturated carbocycles. The Morgan fingerprint density at radius 3 is 2.60 bits per heavy atom. The van der Waals surface area contributed by atoms with Crippen molar-refractivity contribution < 1.29 is 14.7 Å². The highest BCUT2D eigenvalue weighted by Crippen LogP contribution is 2.21. The first-order chi connectivity index (χ1) is 4.51. The molecule has 1 N–H and O–H groups in total. The van der Waals surface area contributed by atoms with E-state index in [1.807, 2.05) is 0 Å². The molecule has 1 aliphatic rings. The SMILES string of the molecule is CC(=O)N1CCC(C)(O)O1. The van der Waals surface area contributed by atoms with E-state index in [0.717, 1.165) is 0 Å². The highest BCUT2D eigenvalue weighted by Gasteiger charge is 2.34. The Kier molecular flexibility index (Phi) is 1.66. The molecule has 0 bridgehead atoms. The Labute approximate surface area is 59.3 Å². The van der Waals surface area contributed by atoms with Crippen molar-refractivity contribution in [2.24, 2.45) is 0 Å². The standard InChI is InChI=1S/C6H11NO3/c1-5(8)7-4-3-6(2,9)10-7/h9H,3-4H2,1-2H3. The van der Waals surface area contributed by atoms with Gasteiger partial charge in [-0.25, -0.2) is 9.90 Å². The van der Waals surface area contributed by atoms with Crippen LogP contribution in [0.4, 0.5) is 0 Å². The number of carbonyl (C=O) groups is 1. The van der Waals surface area contributed by atoms with Gasteiger partial charge in [0, 0.05) is 13.3 Å². The van der Waals surface area contributed by atoms with E-state index < -0.39 is 5.79 Å². The predicted molar refractivity (Wildman–Crippen MR) is 33.7 cm³/mol. The van der Waals surface area contributed by atoms with Crippen LogP contribution in [0, 0.1) is 0 Å². The fourth-order valence-corrected chi connectivity index (χ4v) is 0.859. The molecule has 4 heteroatoms. The average molecular weight is 145 g/mol. The smallest absolute Gasteiger partial charge is 0.243 e. The van der Waals surface area contributed by atoms with Gasteiger partial charge >= 0.3 is 0 Å². The average Bonchev–Trinajstić information content (AvgIpc) is 2.10. The molecule has 1 atom stereocenters. The van der Waals surface area contributed by atoms with Crippen LogP contribution in [-0.4, -0.2) is 28.4 Å². The van der Waals surface area contributed by atoms with Crippen LogP contribution in [0.3, 0.4) is 0 Å². The second-order valence-corrected chi connectivity index (χ2v) is 2.64. The van der Waals surface area contributed by atoms with Crippen LogP contribution >= 0.6 is 0 Å². The van der Waals surface area contributed by atoms with Gasteiger partial charge in [0.15, 0.2) is 5.79 Å². The van der Waals surface area contributed by atoms with Crippen LogP contribution in [0.1, 0.15) is 20.3 Å². The van der Waals surface area contributed by atoms with Gasteiger partial charge in [-0.2, -0.15) is 0 Å². The first-order valence-corrected chi connectivity index (χ1v) is 3.21. The number of hydrogen-bond donors (Lipinski definition) is 1. The van der Waals surface area contributed by atoms with E-state index in [9.17, 15) is 9.90 Å². The van der Waals surface area contributed by atoms with Crippen molar-refractivity contribution in [1.82, 2.24) is 5.06 Å². The lowest BCUT2D eigenvalue weighted by atomic mass is 10.2. The topological polar surface area (TPSA) is 49.8 Å². The van der Waals surface area contributed by atoms with Gasteiger partial charge in [0.05, 0.1) is 6.54 Å². The van der Waals surface area contributed by atoms with Crippen molar-refractivity contribution in [3.05, 3.63) is 0 Å². The summed E-state index contributed by atoms with van der Waals surface area (Å²) < 4.78 is 0. The Hall–Kier alpha value is -0.610. The largest absolute Gasteiger partial charge is 0.364 e. The molecule has 0 aliphatic carbocycles. The van der Waals surface area contributed by atoms with Crippen LogP contribution in [0.5, 0.6) is 0 Å². The zero-order chi connectivity index (χ0) is 7.78. The number of nitrogens with zero attached hydrogens (tertiary/aromatic N) is 1. The number of aliphatic hydroxyl groups is 1. The fourth-order valence-electron chi connectivity index (χ4n) is 0.859. The van der Waals surface area contributed by atoms with Gasteiger partial charge in [0.1, 0.15) is 0 Å². The molecule has 0 radical (unpaired) electrons. The normalized spacial score (nSPS) is 32.9. The summed E-state index contributed by atoms with van der Waals surface area (Å²) in [5, 5.41) is 10.4. The lowest BCUT2D eigenvalue weighted by molar-refractivity contribution is -0.263. The van der Waals surface area contributed by atoms with Crippen molar-refractivity contribution >= 4 is 5.91 Å². The van der Waals surface area contributed by atoms with Gasteiger partial charge in [0.2, 0.25) is 5.91 Å². The van der Waals surface area contributed by atoms with Crippen LogP contribution in [-0.2, 0) is 9.63 Å². The minimum Gasteiger partial charge on any atom is -0.364 e. The fraction of sp³-hybridized carbons (Fsp3) is 0.833. The van der Waals surface area contributed by atoms with Crippen molar-refractivity contribution in [3.63, 3.8) is 0 Å². The molecule has 10 heavy (non-hydrogen) atoms. The van der Waals surface area contributed by atoms with E-state index >= 15 is 0 Å². The molecular formula is C6H11NO3. The van der Waals surface area contributed by atoms with E-state index in [4.69, 9.17) is 4.84 Å². The quantitative estimate of drug-likeness (QED) is 0.517. The molecule has 0 aromatic rings. The van der Waals surface area contributed by atoms with Crippen LogP contribution in [0.25, 0.3) is 0 Å². The maximum Gasteiger partial charge on any atom is 0.243 e. The molecule has 1 fully saturated rings. The Bertz CT molecular complexity index is 155. The van der Waals surface area contributed by atoms with Crippen LogP contribution < -0.4 is 0 Å². The maximum absolute atomic E-state index is 10.6. The molecule has 58 valence electrons. The molecule has 0 aromatic carbocycles. The Balaban J connectivity index is 2.51. The van der Waals surface area contributed by atoms with E-state index in [-0.39, 0.29) is 5.91 Å². The lowest BCUT2D eigenvalue weighted by Crippen LogP contribution is -2.29. The van der Waals surface area contributed by atoms with Gasteiger partial charge in [-0.1, -0.05) is 0 Å². The van der Waals surface area contributed by atoms with Gasteiger partial charge in [0.25, 0.3) is 0 Å². The second-order valence-electron chi connectivity index (χ2n) is 2.64. The molecule has 1 aliphatic heterocycles. The van der Waals surface area contributed by atoms with E-state index in [0.29, 0.717) is 13.0 Å². The number of rotatable bonds is 0. The molecule has 1 amide bonds. The zero-order valence-corrected chi connectivity index (χ0v) is 6.13. The molecule has 1 rings (SSSR count). The van der Waals surface area contributed by atoms with Crippen molar-refractivity contribution in [2.75, 3.05) is 6.54 Å². The van der Waals surface area contributed by atoms with Gasteiger partial charge < -0.3 is 5.11 Å². The first-order valence-electron chi connectivity index (χ1n) is 3.21. The zero-order valence-electron chi connectivity index (χ0n) is 6.13. The van der Waals surface area contributed by atoms with E-state index in [1.54, 1.807) is 0 Å². The molecule has 1 heterocycles. The third kappa shape index (κ3) is 1.46. The molecular weight excluding hydrogens is 134 g/mol. The van der Waals surface area contributed by atoms with E-state index in [1.165, 1.54) is 18.9 Å². The third-order valence-corrected chi connectivity index (χ3v) is 1.44. The number of hydrogen-bond acceptors (Lipinski definition) is 3. The number of carbonyl (C=O) groups excluding carboxylic acids is 1. The van der Waals surface area contributed by atoms with Gasteiger partial charge in [-0.05, 0) is 6.92 Å². The molecule has 0 aromatic heterocycles. The molecule has 4 nitrogen and oxygen atoms in total. The van der Waals surface area contributed by atoms with Crippen LogP contribution in [0.2, 0.25) is 0 Å². The molecule has 1 unspecified atom stereocenters. The summed E-state index contributed by atoms with van der Waals surface area (Å²) in [5.74, 6) is -1.32. The summed E-state index contributed by atoms with van der Waals surface area (Å²) in [7, 11) is 0.